The van der Waals surface area contributed by atoms with E-state index in [0.717, 1.165) is 13.0 Å². The number of hydrogen-bond acceptors (Lipinski definition) is 3. The summed E-state index contributed by atoms with van der Waals surface area (Å²) in [6.07, 6.45) is 1.07. The normalized spacial score (nSPS) is 10.7. The summed E-state index contributed by atoms with van der Waals surface area (Å²) in [5, 5.41) is 8.78. The van der Waals surface area contributed by atoms with Gasteiger partial charge in [0.1, 0.15) is 4.32 Å². The van der Waals surface area contributed by atoms with Crippen molar-refractivity contribution >= 4 is 29.2 Å². The number of aliphatic hydroxyl groups is 1. The van der Waals surface area contributed by atoms with Crippen LogP contribution in [0.1, 0.15) is 20.3 Å². The van der Waals surface area contributed by atoms with E-state index in [2.05, 4.69) is 26.5 Å². The van der Waals surface area contributed by atoms with Crippen LogP contribution in [-0.4, -0.2) is 47.2 Å². The van der Waals surface area contributed by atoms with E-state index in [1.807, 2.05) is 4.90 Å². The molecule has 0 aliphatic rings. The number of hydrogen-bond donors (Lipinski definition) is 2. The second-order valence-corrected chi connectivity index (χ2v) is 4.90. The van der Waals surface area contributed by atoms with Crippen LogP contribution in [0, 0.1) is 5.92 Å². The third-order valence-electron chi connectivity index (χ3n) is 1.99. The van der Waals surface area contributed by atoms with E-state index in [1.54, 1.807) is 0 Å². The maximum absolute atomic E-state index is 8.78. The van der Waals surface area contributed by atoms with Crippen LogP contribution < -0.4 is 0 Å². The Hall–Kier alpha value is 0.160. The van der Waals surface area contributed by atoms with E-state index in [-0.39, 0.29) is 6.61 Å². The molecule has 0 saturated carbocycles. The van der Waals surface area contributed by atoms with Crippen molar-refractivity contribution in [2.75, 3.05) is 32.9 Å². The SMILES string of the molecule is CC(C)CCOCCN(CCO)C(=S)S. The Balaban J connectivity index is 3.49. The van der Waals surface area contributed by atoms with Crippen LogP contribution in [0.25, 0.3) is 0 Å². The lowest BCUT2D eigenvalue weighted by Crippen LogP contribution is -2.32. The smallest absolute Gasteiger partial charge is 0.133 e. The fraction of sp³-hybridized carbons (Fsp3) is 0.900. The topological polar surface area (TPSA) is 32.7 Å². The van der Waals surface area contributed by atoms with Crippen LogP contribution in [0.2, 0.25) is 0 Å². The van der Waals surface area contributed by atoms with Gasteiger partial charge in [-0.3, -0.25) is 0 Å². The van der Waals surface area contributed by atoms with Crippen LogP contribution >= 0.6 is 24.8 Å². The zero-order valence-electron chi connectivity index (χ0n) is 9.48. The van der Waals surface area contributed by atoms with Gasteiger partial charge >= 0.3 is 0 Å². The molecule has 0 aliphatic heterocycles. The molecule has 5 heteroatoms. The Labute approximate surface area is 103 Å². The average Bonchev–Trinajstić information content (AvgIpc) is 2.15. The molecular formula is C10H21NO2S2. The fourth-order valence-corrected chi connectivity index (χ4v) is 1.40. The van der Waals surface area contributed by atoms with E-state index in [4.69, 9.17) is 22.1 Å². The first-order valence-corrected chi connectivity index (χ1v) is 6.10. The maximum Gasteiger partial charge on any atom is 0.133 e. The lowest BCUT2D eigenvalue weighted by atomic mass is 10.1. The van der Waals surface area contributed by atoms with Crippen LogP contribution in [0.15, 0.2) is 0 Å². The molecule has 1 N–H and O–H groups in total. The molecule has 0 saturated heterocycles. The predicted molar refractivity (Wildman–Crippen MR) is 70.5 cm³/mol. The van der Waals surface area contributed by atoms with Crippen molar-refractivity contribution in [2.45, 2.75) is 20.3 Å². The van der Waals surface area contributed by atoms with Crippen LogP contribution in [0.4, 0.5) is 0 Å². The van der Waals surface area contributed by atoms with E-state index < -0.39 is 0 Å². The van der Waals surface area contributed by atoms with E-state index in [0.29, 0.717) is 29.9 Å². The lowest BCUT2D eigenvalue weighted by molar-refractivity contribution is 0.109. The molecule has 0 atom stereocenters. The molecule has 0 unspecified atom stereocenters. The van der Waals surface area contributed by atoms with Gasteiger partial charge in [-0.15, -0.1) is 12.6 Å². The monoisotopic (exact) mass is 251 g/mol. The highest BCUT2D eigenvalue weighted by atomic mass is 32.1. The van der Waals surface area contributed by atoms with E-state index in [1.165, 1.54) is 0 Å². The highest BCUT2D eigenvalue weighted by Crippen LogP contribution is 2.00. The number of thiocarbonyl (C=S) groups is 1. The molecule has 0 heterocycles. The summed E-state index contributed by atoms with van der Waals surface area (Å²) in [6, 6.07) is 0. The maximum atomic E-state index is 8.78. The summed E-state index contributed by atoms with van der Waals surface area (Å²) in [7, 11) is 0. The first kappa shape index (κ1) is 15.2. The van der Waals surface area contributed by atoms with Gasteiger partial charge in [0.05, 0.1) is 13.2 Å². The molecule has 0 amide bonds. The molecule has 0 radical (unpaired) electrons. The van der Waals surface area contributed by atoms with Crippen molar-refractivity contribution in [3.63, 3.8) is 0 Å². The van der Waals surface area contributed by atoms with Crippen molar-refractivity contribution in [1.29, 1.82) is 0 Å². The summed E-state index contributed by atoms with van der Waals surface area (Å²) < 4.78 is 5.97. The van der Waals surface area contributed by atoms with Crippen LogP contribution in [0.3, 0.4) is 0 Å². The second-order valence-electron chi connectivity index (χ2n) is 3.79. The summed E-state index contributed by atoms with van der Waals surface area (Å²) in [6.45, 7) is 7.06. The molecule has 0 aromatic heterocycles. The molecule has 0 spiro atoms. The fourth-order valence-electron chi connectivity index (χ4n) is 1.02. The predicted octanol–water partition coefficient (Wildman–Crippen LogP) is 1.56. The summed E-state index contributed by atoms with van der Waals surface area (Å²) >= 11 is 9.00. The Morgan fingerprint density at radius 1 is 1.40 bits per heavy atom. The van der Waals surface area contributed by atoms with Gasteiger partial charge in [-0.1, -0.05) is 26.1 Å². The third-order valence-corrected chi connectivity index (χ3v) is 2.53. The molecule has 0 bridgehead atoms. The molecule has 0 aromatic carbocycles. The van der Waals surface area contributed by atoms with Crippen LogP contribution in [0.5, 0.6) is 0 Å². The molecule has 90 valence electrons. The summed E-state index contributed by atoms with van der Waals surface area (Å²) in [4.78, 5) is 1.83. The van der Waals surface area contributed by atoms with Crippen LogP contribution in [-0.2, 0) is 4.74 Å². The minimum atomic E-state index is 0.0900. The Bertz CT molecular complexity index is 177. The van der Waals surface area contributed by atoms with Crippen molar-refractivity contribution < 1.29 is 9.84 Å². The molecule has 0 aromatic rings. The molecule has 0 fully saturated rings. The van der Waals surface area contributed by atoms with Crippen molar-refractivity contribution in [3.8, 4) is 0 Å². The van der Waals surface area contributed by atoms with Gasteiger partial charge in [0, 0.05) is 19.7 Å². The number of aliphatic hydroxyl groups excluding tert-OH is 1. The summed E-state index contributed by atoms with van der Waals surface area (Å²) in [5.74, 6) is 0.671. The highest BCUT2D eigenvalue weighted by molar-refractivity contribution is 8.10. The molecule has 0 rings (SSSR count). The first-order valence-electron chi connectivity index (χ1n) is 5.24. The standard InChI is InChI=1S/C10H21NO2S2/c1-9(2)3-7-13-8-5-11(4-6-12)10(14)15/h9,12H,3-8H2,1-2H3,(H,14,15). The van der Waals surface area contributed by atoms with Crippen molar-refractivity contribution in [1.82, 2.24) is 4.90 Å². The Morgan fingerprint density at radius 2 is 2.07 bits per heavy atom. The van der Waals surface area contributed by atoms with E-state index in [9.17, 15) is 0 Å². The lowest BCUT2D eigenvalue weighted by Gasteiger charge is -2.21. The van der Waals surface area contributed by atoms with Gasteiger partial charge in [-0.05, 0) is 12.3 Å². The van der Waals surface area contributed by atoms with Crippen molar-refractivity contribution in [3.05, 3.63) is 0 Å². The Kier molecular flexibility index (Phi) is 9.49. The summed E-state index contributed by atoms with van der Waals surface area (Å²) in [5.41, 5.74) is 0. The van der Waals surface area contributed by atoms with Gasteiger partial charge < -0.3 is 14.7 Å². The van der Waals surface area contributed by atoms with Gasteiger partial charge in [0.2, 0.25) is 0 Å². The minimum Gasteiger partial charge on any atom is -0.395 e. The van der Waals surface area contributed by atoms with Gasteiger partial charge in [-0.25, -0.2) is 0 Å². The third kappa shape index (κ3) is 9.11. The van der Waals surface area contributed by atoms with E-state index >= 15 is 0 Å². The zero-order chi connectivity index (χ0) is 11.7. The molecular weight excluding hydrogens is 230 g/mol. The molecule has 3 nitrogen and oxygen atoms in total. The minimum absolute atomic E-state index is 0.0900. The van der Waals surface area contributed by atoms with Crippen molar-refractivity contribution in [2.24, 2.45) is 5.92 Å². The largest absolute Gasteiger partial charge is 0.395 e. The average molecular weight is 251 g/mol. The number of nitrogens with zero attached hydrogens (tertiary/aromatic N) is 1. The zero-order valence-corrected chi connectivity index (χ0v) is 11.2. The van der Waals surface area contributed by atoms with Gasteiger partial charge in [0.15, 0.2) is 0 Å². The van der Waals surface area contributed by atoms with Gasteiger partial charge in [-0.2, -0.15) is 0 Å². The molecule has 0 aliphatic carbocycles. The van der Waals surface area contributed by atoms with Gasteiger partial charge in [0.25, 0.3) is 0 Å². The second kappa shape index (κ2) is 9.39. The Morgan fingerprint density at radius 3 is 2.53 bits per heavy atom. The number of rotatable bonds is 8. The number of ether oxygens (including phenoxy) is 1. The quantitative estimate of drug-likeness (QED) is 0.390. The highest BCUT2D eigenvalue weighted by Gasteiger charge is 2.04. The molecule has 15 heavy (non-hydrogen) atoms. The number of thiol groups is 1. The first-order chi connectivity index (χ1) is 7.07.